The Hall–Kier alpha value is -1.25. The molecule has 2 aromatic rings. The molecule has 0 bridgehead atoms. The fraction of sp³-hybridized carbons (Fsp3) is 0.0833. The van der Waals surface area contributed by atoms with Crippen molar-refractivity contribution in [3.8, 4) is 17.3 Å². The van der Waals surface area contributed by atoms with E-state index in [0.29, 0.717) is 10.2 Å². The van der Waals surface area contributed by atoms with Crippen LogP contribution in [0.15, 0.2) is 39.3 Å². The van der Waals surface area contributed by atoms with E-state index in [0.717, 1.165) is 15.7 Å². The van der Waals surface area contributed by atoms with E-state index in [1.165, 1.54) is 11.8 Å². The van der Waals surface area contributed by atoms with E-state index in [4.69, 9.17) is 10.1 Å². The average Bonchev–Trinajstić information content (AvgIpc) is 2.62. The number of hydrogen-bond acceptors (Lipinski definition) is 2. The van der Waals surface area contributed by atoms with Crippen molar-refractivity contribution in [2.24, 2.45) is 0 Å². The highest BCUT2D eigenvalue weighted by Crippen LogP contribution is 2.38. The van der Waals surface area contributed by atoms with Crippen molar-refractivity contribution in [2.75, 3.05) is 7.11 Å². The van der Waals surface area contributed by atoms with E-state index in [9.17, 15) is 0 Å². The van der Waals surface area contributed by atoms with Crippen LogP contribution in [0.1, 0.15) is 5.69 Å². The molecule has 0 fully saturated rings. The van der Waals surface area contributed by atoms with Crippen LogP contribution in [0.5, 0.6) is 0 Å². The first-order chi connectivity index (χ1) is 8.20. The van der Waals surface area contributed by atoms with Gasteiger partial charge in [0.1, 0.15) is 18.9 Å². The first-order valence-electron chi connectivity index (χ1n) is 4.80. The Balaban J connectivity index is 2.75. The molecule has 0 spiro atoms. The van der Waals surface area contributed by atoms with Gasteiger partial charge >= 0.3 is 0 Å². The van der Waals surface area contributed by atoms with E-state index < -0.39 is 0 Å². The van der Waals surface area contributed by atoms with E-state index in [1.54, 1.807) is 0 Å². The molecule has 0 aliphatic heterocycles. The van der Waals surface area contributed by atoms with Gasteiger partial charge in [-0.25, -0.2) is 0 Å². The molecule has 17 heavy (non-hydrogen) atoms. The second-order valence-corrected chi connectivity index (χ2v) is 4.87. The predicted molar refractivity (Wildman–Crippen MR) is 72.5 cm³/mol. The topological polar surface area (TPSA) is 38.0 Å². The number of benzene rings is 1. The molecule has 0 radical (unpaired) electrons. The molecular weight excluding hydrogens is 348 g/mol. The van der Waals surface area contributed by atoms with Gasteiger partial charge in [0.25, 0.3) is 0 Å². The average molecular weight is 356 g/mol. The van der Waals surface area contributed by atoms with Crippen LogP contribution in [-0.4, -0.2) is 11.8 Å². The number of nitrogens with zero attached hydrogens (tertiary/aromatic N) is 2. The molecule has 3 nitrogen and oxygen atoms in total. The van der Waals surface area contributed by atoms with Crippen molar-refractivity contribution >= 4 is 31.9 Å². The minimum absolute atomic E-state index is 0.429. The van der Waals surface area contributed by atoms with Crippen molar-refractivity contribution < 1.29 is 4.84 Å². The third-order valence-electron chi connectivity index (χ3n) is 2.35. The summed E-state index contributed by atoms with van der Waals surface area (Å²) in [6.45, 7) is 0. The highest BCUT2D eigenvalue weighted by molar-refractivity contribution is 9.13. The standard InChI is InChI=1S/C12H8Br2N2O/c1-17-16-9(7-15)10(13)11(14)12(16)8-5-3-2-4-6-8/h2-6H,1H3. The van der Waals surface area contributed by atoms with Gasteiger partial charge in [0.2, 0.25) is 0 Å². The maximum atomic E-state index is 9.11. The van der Waals surface area contributed by atoms with E-state index in [2.05, 4.69) is 37.9 Å². The lowest BCUT2D eigenvalue weighted by molar-refractivity contribution is 0.169. The number of nitriles is 1. The molecule has 5 heteroatoms. The lowest BCUT2D eigenvalue weighted by Gasteiger charge is -2.08. The van der Waals surface area contributed by atoms with Crippen LogP contribution in [-0.2, 0) is 0 Å². The molecule has 0 saturated carbocycles. The van der Waals surface area contributed by atoms with Crippen molar-refractivity contribution in [1.82, 2.24) is 4.73 Å². The fourth-order valence-electron chi connectivity index (χ4n) is 1.62. The first kappa shape index (κ1) is 12.2. The predicted octanol–water partition coefficient (Wildman–Crippen LogP) is 3.61. The second kappa shape index (κ2) is 4.94. The molecule has 1 aromatic carbocycles. The van der Waals surface area contributed by atoms with Crippen molar-refractivity contribution in [3.63, 3.8) is 0 Å². The Morgan fingerprint density at radius 2 is 1.82 bits per heavy atom. The summed E-state index contributed by atoms with van der Waals surface area (Å²) in [5.74, 6) is 0. The van der Waals surface area contributed by atoms with Crippen LogP contribution >= 0.6 is 31.9 Å². The zero-order valence-corrected chi connectivity index (χ0v) is 12.1. The summed E-state index contributed by atoms with van der Waals surface area (Å²) < 4.78 is 3.01. The SMILES string of the molecule is COn1c(C#N)c(Br)c(Br)c1-c1ccccc1. The van der Waals surface area contributed by atoms with Gasteiger partial charge in [-0.3, -0.25) is 0 Å². The normalized spacial score (nSPS) is 10.0. The third-order valence-corrected chi connectivity index (χ3v) is 4.43. The van der Waals surface area contributed by atoms with Gasteiger partial charge in [-0.15, -0.1) is 0 Å². The molecule has 0 aliphatic rings. The fourth-order valence-corrected chi connectivity index (χ4v) is 2.63. The maximum absolute atomic E-state index is 9.11. The molecule has 2 rings (SSSR count). The van der Waals surface area contributed by atoms with Crippen molar-refractivity contribution in [1.29, 1.82) is 5.26 Å². The van der Waals surface area contributed by atoms with E-state index in [1.807, 2.05) is 30.3 Å². The quantitative estimate of drug-likeness (QED) is 0.825. The van der Waals surface area contributed by atoms with Gasteiger partial charge in [0.15, 0.2) is 5.69 Å². The number of halogens is 2. The minimum atomic E-state index is 0.429. The number of rotatable bonds is 2. The lowest BCUT2D eigenvalue weighted by atomic mass is 10.2. The van der Waals surface area contributed by atoms with Gasteiger partial charge < -0.3 is 4.84 Å². The highest BCUT2D eigenvalue weighted by Gasteiger charge is 2.21. The smallest absolute Gasteiger partial charge is 0.172 e. The Kier molecular flexibility index (Phi) is 3.55. The monoisotopic (exact) mass is 354 g/mol. The largest absolute Gasteiger partial charge is 0.416 e. The Labute approximate surface area is 116 Å². The first-order valence-corrected chi connectivity index (χ1v) is 6.39. The molecule has 0 N–H and O–H groups in total. The van der Waals surface area contributed by atoms with Gasteiger partial charge in [-0.2, -0.15) is 9.99 Å². The summed E-state index contributed by atoms with van der Waals surface area (Å²) in [4.78, 5) is 5.26. The highest BCUT2D eigenvalue weighted by atomic mass is 79.9. The molecule has 0 amide bonds. The molecule has 0 atom stereocenters. The van der Waals surface area contributed by atoms with Crippen LogP contribution in [0.2, 0.25) is 0 Å². The van der Waals surface area contributed by atoms with E-state index >= 15 is 0 Å². The van der Waals surface area contributed by atoms with Gasteiger partial charge in [-0.1, -0.05) is 30.3 Å². The Bertz CT molecular complexity index is 585. The summed E-state index contributed by atoms with van der Waals surface area (Å²) in [6.07, 6.45) is 0. The number of hydrogen-bond donors (Lipinski definition) is 0. The molecular formula is C12H8Br2N2O. The zero-order chi connectivity index (χ0) is 12.4. The van der Waals surface area contributed by atoms with Crippen LogP contribution in [0.25, 0.3) is 11.3 Å². The van der Waals surface area contributed by atoms with Crippen LogP contribution in [0, 0.1) is 11.3 Å². The van der Waals surface area contributed by atoms with Crippen molar-refractivity contribution in [3.05, 3.63) is 45.0 Å². The maximum Gasteiger partial charge on any atom is 0.172 e. The molecule has 86 valence electrons. The second-order valence-electron chi connectivity index (χ2n) is 3.28. The molecule has 1 aromatic heterocycles. The third kappa shape index (κ3) is 1.99. The molecule has 0 unspecified atom stereocenters. The van der Waals surface area contributed by atoms with Crippen LogP contribution in [0.4, 0.5) is 0 Å². The van der Waals surface area contributed by atoms with E-state index in [-0.39, 0.29) is 0 Å². The van der Waals surface area contributed by atoms with Gasteiger partial charge in [0.05, 0.1) is 8.95 Å². The van der Waals surface area contributed by atoms with Crippen molar-refractivity contribution in [2.45, 2.75) is 0 Å². The summed E-state index contributed by atoms with van der Waals surface area (Å²) in [5.41, 5.74) is 2.22. The van der Waals surface area contributed by atoms with Crippen LogP contribution < -0.4 is 4.84 Å². The molecule has 0 saturated heterocycles. The van der Waals surface area contributed by atoms with Gasteiger partial charge in [-0.05, 0) is 31.9 Å². The Morgan fingerprint density at radius 1 is 1.18 bits per heavy atom. The molecule has 0 aliphatic carbocycles. The molecule has 1 heterocycles. The summed E-state index contributed by atoms with van der Waals surface area (Å²) >= 11 is 6.85. The minimum Gasteiger partial charge on any atom is -0.416 e. The zero-order valence-electron chi connectivity index (χ0n) is 8.95. The Morgan fingerprint density at radius 3 is 2.35 bits per heavy atom. The van der Waals surface area contributed by atoms with Crippen LogP contribution in [0.3, 0.4) is 0 Å². The number of aromatic nitrogens is 1. The summed E-state index contributed by atoms with van der Waals surface area (Å²) in [6, 6.07) is 11.9. The summed E-state index contributed by atoms with van der Waals surface area (Å²) in [5, 5.41) is 9.11. The lowest BCUT2D eigenvalue weighted by Crippen LogP contribution is -2.09. The van der Waals surface area contributed by atoms with Gasteiger partial charge in [0, 0.05) is 5.56 Å². The summed E-state index contributed by atoms with van der Waals surface area (Å²) in [7, 11) is 1.53.